The Morgan fingerprint density at radius 1 is 1.06 bits per heavy atom. The molecule has 5 nitrogen and oxygen atoms in total. The number of pyridine rings is 1. The van der Waals surface area contributed by atoms with Crippen molar-refractivity contribution in [2.75, 3.05) is 12.3 Å². The van der Waals surface area contributed by atoms with E-state index in [1.165, 1.54) is 18.3 Å². The first-order valence-corrected chi connectivity index (χ1v) is 12.6. The van der Waals surface area contributed by atoms with Gasteiger partial charge in [0.2, 0.25) is 0 Å². The molecule has 3 aromatic rings. The zero-order chi connectivity index (χ0) is 25.4. The van der Waals surface area contributed by atoms with Gasteiger partial charge < -0.3 is 15.7 Å². The largest absolute Gasteiger partial charge is 0.390 e. The van der Waals surface area contributed by atoms with Crippen LogP contribution in [0.1, 0.15) is 40.9 Å². The molecule has 0 unspecified atom stereocenters. The molecular formula is C27H31F2N3O2S. The van der Waals surface area contributed by atoms with Crippen LogP contribution in [-0.4, -0.2) is 45.3 Å². The Bertz CT molecular complexity index is 1120. The number of carbonyl (C=O) groups is 1. The smallest absolute Gasteiger partial charge is 0.255 e. The van der Waals surface area contributed by atoms with Crippen LogP contribution in [0.5, 0.6) is 0 Å². The van der Waals surface area contributed by atoms with E-state index in [2.05, 4.69) is 11.9 Å². The van der Waals surface area contributed by atoms with E-state index in [1.807, 2.05) is 31.2 Å². The summed E-state index contributed by atoms with van der Waals surface area (Å²) in [5.74, 6) is -0.833. The molecule has 0 saturated heterocycles. The van der Waals surface area contributed by atoms with Crippen LogP contribution in [0, 0.1) is 11.6 Å². The molecule has 35 heavy (non-hydrogen) atoms. The zero-order valence-corrected chi connectivity index (χ0v) is 20.8. The van der Waals surface area contributed by atoms with Crippen LogP contribution >= 0.6 is 11.8 Å². The number of hydrogen-bond acceptors (Lipinski definition) is 5. The number of halogens is 2. The molecule has 0 aliphatic carbocycles. The number of carbonyl (C=O) groups excluding carboxylic acids is 1. The number of aryl methyl sites for hydroxylation is 1. The van der Waals surface area contributed by atoms with Crippen molar-refractivity contribution in [1.29, 1.82) is 0 Å². The average molecular weight is 500 g/mol. The highest BCUT2D eigenvalue weighted by Crippen LogP contribution is 2.20. The summed E-state index contributed by atoms with van der Waals surface area (Å²) in [6, 6.07) is 12.1. The predicted molar refractivity (Wildman–Crippen MR) is 135 cm³/mol. The second-order valence-electron chi connectivity index (χ2n) is 8.41. The van der Waals surface area contributed by atoms with E-state index in [0.717, 1.165) is 34.3 Å². The summed E-state index contributed by atoms with van der Waals surface area (Å²) in [5, 5.41) is 10.9. The van der Waals surface area contributed by atoms with Gasteiger partial charge in [-0.1, -0.05) is 38.1 Å². The second kappa shape index (κ2) is 12.8. The Labute approximate surface area is 209 Å². The van der Waals surface area contributed by atoms with Crippen LogP contribution in [0.2, 0.25) is 0 Å². The van der Waals surface area contributed by atoms with E-state index in [-0.39, 0.29) is 25.4 Å². The highest BCUT2D eigenvalue weighted by Gasteiger charge is 2.24. The van der Waals surface area contributed by atoms with Gasteiger partial charge in [0.1, 0.15) is 11.6 Å². The van der Waals surface area contributed by atoms with Gasteiger partial charge in [-0.05, 0) is 53.5 Å². The fourth-order valence-electron chi connectivity index (χ4n) is 3.85. The minimum absolute atomic E-state index is 0.0424. The Morgan fingerprint density at radius 3 is 2.46 bits per heavy atom. The molecule has 2 aromatic carbocycles. The number of benzene rings is 2. The van der Waals surface area contributed by atoms with Crippen LogP contribution in [0.4, 0.5) is 8.78 Å². The highest BCUT2D eigenvalue weighted by atomic mass is 32.2. The van der Waals surface area contributed by atoms with E-state index in [9.17, 15) is 18.7 Å². The van der Waals surface area contributed by atoms with Crippen LogP contribution in [0.3, 0.4) is 0 Å². The molecule has 3 N–H and O–H groups in total. The van der Waals surface area contributed by atoms with Gasteiger partial charge >= 0.3 is 0 Å². The van der Waals surface area contributed by atoms with Crippen molar-refractivity contribution < 1.29 is 18.7 Å². The monoisotopic (exact) mass is 499 g/mol. The molecule has 3 rings (SSSR count). The van der Waals surface area contributed by atoms with E-state index in [4.69, 9.17) is 5.73 Å². The van der Waals surface area contributed by atoms with Gasteiger partial charge in [0.15, 0.2) is 0 Å². The van der Waals surface area contributed by atoms with Crippen molar-refractivity contribution in [3.63, 3.8) is 0 Å². The molecule has 1 aromatic heterocycles. The minimum atomic E-state index is -1.11. The summed E-state index contributed by atoms with van der Waals surface area (Å²) >= 11 is 1.59. The molecule has 1 heterocycles. The van der Waals surface area contributed by atoms with Gasteiger partial charge in [-0.15, -0.1) is 11.8 Å². The van der Waals surface area contributed by atoms with Crippen molar-refractivity contribution >= 4 is 17.7 Å². The summed E-state index contributed by atoms with van der Waals surface area (Å²) in [7, 11) is 0. The molecule has 0 aliphatic heterocycles. The van der Waals surface area contributed by atoms with Crippen LogP contribution in [0.25, 0.3) is 0 Å². The fraction of sp³-hybridized carbons (Fsp3) is 0.333. The number of amides is 1. The molecule has 0 saturated carbocycles. The third-order valence-corrected chi connectivity index (χ3v) is 6.47. The summed E-state index contributed by atoms with van der Waals surface area (Å²) in [6.07, 6.45) is 3.04. The highest BCUT2D eigenvalue weighted by molar-refractivity contribution is 7.99. The summed E-state index contributed by atoms with van der Waals surface area (Å²) in [5.41, 5.74) is 9.02. The molecule has 8 heteroatoms. The lowest BCUT2D eigenvalue weighted by Gasteiger charge is -2.28. The van der Waals surface area contributed by atoms with Gasteiger partial charge in [0.25, 0.3) is 5.91 Å². The maximum Gasteiger partial charge on any atom is 0.255 e. The third kappa shape index (κ3) is 7.85. The number of aliphatic hydroxyl groups excluding tert-OH is 1. The molecule has 0 bridgehead atoms. The number of nitrogens with two attached hydrogens (primary N) is 1. The normalized spacial score (nSPS) is 12.9. The number of thioether (sulfide) groups is 1. The Balaban J connectivity index is 1.82. The van der Waals surface area contributed by atoms with E-state index in [0.29, 0.717) is 11.1 Å². The van der Waals surface area contributed by atoms with Crippen LogP contribution in [0.15, 0.2) is 65.8 Å². The number of hydrogen-bond donors (Lipinski definition) is 2. The van der Waals surface area contributed by atoms with Crippen molar-refractivity contribution in [2.45, 2.75) is 50.3 Å². The summed E-state index contributed by atoms with van der Waals surface area (Å²) in [4.78, 5) is 20.1. The van der Waals surface area contributed by atoms with Gasteiger partial charge in [0, 0.05) is 42.5 Å². The third-order valence-electron chi connectivity index (χ3n) is 5.63. The van der Waals surface area contributed by atoms with Crippen molar-refractivity contribution in [3.05, 3.63) is 94.8 Å². The Hall–Kier alpha value is -2.81. The topological polar surface area (TPSA) is 79.5 Å². The average Bonchev–Trinajstić information content (AvgIpc) is 2.83. The summed E-state index contributed by atoms with van der Waals surface area (Å²) in [6.45, 7) is 4.31. The first kappa shape index (κ1) is 26.8. The van der Waals surface area contributed by atoms with Crippen molar-refractivity contribution in [2.24, 2.45) is 5.73 Å². The van der Waals surface area contributed by atoms with Gasteiger partial charge in [-0.3, -0.25) is 9.78 Å². The number of aliphatic hydroxyl groups is 1. The molecule has 0 aliphatic rings. The van der Waals surface area contributed by atoms with Gasteiger partial charge in [0.05, 0.1) is 11.7 Å². The second-order valence-corrected chi connectivity index (χ2v) is 9.75. The molecule has 2 atom stereocenters. The SMILES string of the molecule is CCSc1cncc(C(=O)N(Cc2cccc(CC)c2)C[C@@H](O)[C@@H](N)Cc2cc(F)cc(F)c2)c1. The molecule has 0 radical (unpaired) electrons. The quantitative estimate of drug-likeness (QED) is 0.377. The van der Waals surface area contributed by atoms with Crippen molar-refractivity contribution in [3.8, 4) is 0 Å². The first-order chi connectivity index (χ1) is 16.8. The summed E-state index contributed by atoms with van der Waals surface area (Å²) < 4.78 is 27.1. The lowest BCUT2D eigenvalue weighted by molar-refractivity contribution is 0.0553. The predicted octanol–water partition coefficient (Wildman–Crippen LogP) is 4.61. The van der Waals surface area contributed by atoms with Gasteiger partial charge in [-0.25, -0.2) is 8.78 Å². The van der Waals surface area contributed by atoms with E-state index in [1.54, 1.807) is 28.9 Å². The Kier molecular flexibility index (Phi) is 9.77. The molecule has 186 valence electrons. The first-order valence-electron chi connectivity index (χ1n) is 11.6. The maximum atomic E-state index is 13.6. The van der Waals surface area contributed by atoms with E-state index >= 15 is 0 Å². The molecule has 0 fully saturated rings. The number of aromatic nitrogens is 1. The van der Waals surface area contributed by atoms with E-state index < -0.39 is 23.8 Å². The zero-order valence-electron chi connectivity index (χ0n) is 20.0. The van der Waals surface area contributed by atoms with Crippen LogP contribution < -0.4 is 5.73 Å². The number of rotatable bonds is 11. The standard InChI is InChI=1S/C27H31F2N3O2S/c1-3-18-6-5-7-19(8-18)16-32(27(34)21-12-24(35-4-2)15-31-14-21)17-26(33)25(30)11-20-9-22(28)13-23(29)10-20/h5-10,12-15,25-26,33H,3-4,11,16-17,30H2,1-2H3/t25-,26+/m0/s1. The number of nitrogens with zero attached hydrogens (tertiary/aromatic N) is 2. The lowest BCUT2D eigenvalue weighted by atomic mass is 10.0. The minimum Gasteiger partial charge on any atom is -0.390 e. The molecule has 0 spiro atoms. The Morgan fingerprint density at radius 2 is 1.77 bits per heavy atom. The van der Waals surface area contributed by atoms with Crippen LogP contribution in [-0.2, 0) is 19.4 Å². The fourth-order valence-corrected chi connectivity index (χ4v) is 4.53. The van der Waals surface area contributed by atoms with Gasteiger partial charge in [-0.2, -0.15) is 0 Å². The maximum absolute atomic E-state index is 13.6. The van der Waals surface area contributed by atoms with Crippen molar-refractivity contribution in [1.82, 2.24) is 9.88 Å². The molecule has 1 amide bonds. The lowest BCUT2D eigenvalue weighted by Crippen LogP contribution is -2.46. The molecular weight excluding hydrogens is 468 g/mol.